The van der Waals surface area contributed by atoms with Crippen molar-refractivity contribution in [2.45, 2.75) is 14.4 Å². The molecule has 0 saturated heterocycles. The fraction of sp³-hybridized carbons (Fsp3) is 1.00. The number of halogens is 8. The van der Waals surface area contributed by atoms with Crippen molar-refractivity contribution in [3.05, 3.63) is 0 Å². The molecule has 0 radical (unpaired) electrons. The highest BCUT2D eigenvalue weighted by atomic mass is 35.6. The lowest BCUT2D eigenvalue weighted by Crippen LogP contribution is -2.60. The van der Waals surface area contributed by atoms with E-state index in [9.17, 15) is 26.2 Å². The maximum absolute atomic E-state index is 12.2. The lowest BCUT2D eigenvalue weighted by molar-refractivity contribution is -0.0506. The fourth-order valence-electron chi connectivity index (χ4n) is 0.333. The minimum atomic E-state index is -6.72. The van der Waals surface area contributed by atoms with Crippen LogP contribution in [0.5, 0.6) is 0 Å². The van der Waals surface area contributed by atoms with E-state index in [2.05, 4.69) is 0 Å². The second-order valence-corrected chi connectivity index (χ2v) is 9.77. The molecular weight excluding hydrogens is 297 g/mol. The Morgan fingerprint density at radius 1 is 1.14 bits per heavy atom. The summed E-state index contributed by atoms with van der Waals surface area (Å²) in [4.78, 5) is 0. The molecule has 0 heterocycles. The first kappa shape index (κ1) is 14.7. The van der Waals surface area contributed by atoms with Crippen LogP contribution in [0.4, 0.5) is 22.0 Å². The molecule has 0 aromatic carbocycles. The van der Waals surface area contributed by atoms with Gasteiger partial charge in [-0.15, -0.1) is 0 Å². The van der Waals surface area contributed by atoms with Gasteiger partial charge in [0.1, 0.15) is 0 Å². The summed E-state index contributed by atoms with van der Waals surface area (Å²) in [6.07, 6.45) is -0.269. The summed E-state index contributed by atoms with van der Waals surface area (Å²) in [5.74, 6) is -4.31. The van der Waals surface area contributed by atoms with E-state index in [-0.39, 0.29) is 6.26 Å². The molecule has 0 rings (SSSR count). The lowest BCUT2D eigenvalue weighted by atomic mass is 11.5. The highest BCUT2D eigenvalue weighted by molar-refractivity contribution is 8.24. The van der Waals surface area contributed by atoms with Crippen LogP contribution in [-0.2, 0) is 9.07 Å². The standard InChI is InChI=1S/C4H4Cl3F5OS/c1-14(13,2(8)9,3(5,6)7)4(10,11)12/h2H,1H3. The van der Waals surface area contributed by atoms with E-state index in [1.807, 2.05) is 0 Å². The molecule has 88 valence electrons. The van der Waals surface area contributed by atoms with Crippen molar-refractivity contribution < 1.29 is 26.2 Å². The highest BCUT2D eigenvalue weighted by Crippen LogP contribution is 2.60. The maximum atomic E-state index is 12.2. The van der Waals surface area contributed by atoms with Gasteiger partial charge in [0, 0.05) is 6.26 Å². The van der Waals surface area contributed by atoms with Crippen LogP contribution in [0.15, 0.2) is 0 Å². The minimum Gasteiger partial charge on any atom is -0.265 e. The van der Waals surface area contributed by atoms with Gasteiger partial charge in [0.2, 0.25) is 0 Å². The van der Waals surface area contributed by atoms with Crippen molar-refractivity contribution in [1.29, 1.82) is 0 Å². The van der Waals surface area contributed by atoms with Crippen LogP contribution in [-0.4, -0.2) is 24.9 Å². The summed E-state index contributed by atoms with van der Waals surface area (Å²) in [5.41, 5.74) is -5.80. The molecular formula is C4H4Cl3F5OS. The molecule has 1 nitrogen and oxygen atoms in total. The zero-order chi connectivity index (χ0) is 12.0. The van der Waals surface area contributed by atoms with Gasteiger partial charge in [-0.2, -0.15) is 22.0 Å². The molecule has 0 atom stereocenters. The van der Waals surface area contributed by atoms with Crippen LogP contribution in [0.2, 0.25) is 0 Å². The van der Waals surface area contributed by atoms with Crippen molar-refractivity contribution in [2.75, 3.05) is 6.26 Å². The summed E-state index contributed by atoms with van der Waals surface area (Å²) in [6.45, 7) is 0. The molecule has 0 aliphatic rings. The molecule has 0 aromatic rings. The lowest BCUT2D eigenvalue weighted by Gasteiger charge is -2.43. The van der Waals surface area contributed by atoms with Gasteiger partial charge in [-0.25, -0.2) is 0 Å². The molecule has 0 aliphatic heterocycles. The third-order valence-corrected chi connectivity index (χ3v) is 8.19. The van der Waals surface area contributed by atoms with Crippen LogP contribution < -0.4 is 0 Å². The van der Waals surface area contributed by atoms with Gasteiger partial charge in [-0.3, -0.25) is 4.21 Å². The SMILES string of the molecule is CS(=O)(C(F)F)(C(F)(F)F)C(Cl)(Cl)Cl. The summed E-state index contributed by atoms with van der Waals surface area (Å²) in [6, 6.07) is 0. The van der Waals surface area contributed by atoms with E-state index < -0.39 is 23.5 Å². The van der Waals surface area contributed by atoms with Crippen LogP contribution in [0.1, 0.15) is 0 Å². The monoisotopic (exact) mass is 300 g/mol. The van der Waals surface area contributed by atoms with Crippen molar-refractivity contribution in [1.82, 2.24) is 0 Å². The Kier molecular flexibility index (Phi) is 3.49. The molecule has 0 amide bonds. The normalized spacial score (nSPS) is 18.0. The summed E-state index contributed by atoms with van der Waals surface area (Å²) < 4.78 is 68.8. The van der Waals surface area contributed by atoms with E-state index in [1.165, 1.54) is 0 Å². The van der Waals surface area contributed by atoms with Gasteiger partial charge in [0.25, 0.3) is 3.12 Å². The van der Waals surface area contributed by atoms with Crippen molar-refractivity contribution >= 4 is 43.9 Å². The minimum absolute atomic E-state index is 0.269. The second-order valence-electron chi connectivity index (χ2n) is 2.56. The Labute approximate surface area is 90.9 Å². The molecule has 0 saturated carbocycles. The summed E-state index contributed by atoms with van der Waals surface area (Å²) >= 11 is 14.2. The smallest absolute Gasteiger partial charge is 0.265 e. The van der Waals surface area contributed by atoms with Crippen molar-refractivity contribution in [3.8, 4) is 0 Å². The topological polar surface area (TPSA) is 17.1 Å². The van der Waals surface area contributed by atoms with Gasteiger partial charge in [-0.1, -0.05) is 34.8 Å². The maximum Gasteiger partial charge on any atom is 0.459 e. The van der Waals surface area contributed by atoms with E-state index in [1.54, 1.807) is 0 Å². The average molecular weight is 301 g/mol. The van der Waals surface area contributed by atoms with Crippen molar-refractivity contribution in [2.24, 2.45) is 0 Å². The van der Waals surface area contributed by atoms with Crippen LogP contribution >= 0.6 is 34.8 Å². The largest absolute Gasteiger partial charge is 0.459 e. The van der Waals surface area contributed by atoms with Gasteiger partial charge < -0.3 is 0 Å². The fourth-order valence-corrected chi connectivity index (χ4v) is 2.39. The zero-order valence-corrected chi connectivity index (χ0v) is 9.50. The van der Waals surface area contributed by atoms with E-state index in [0.717, 1.165) is 0 Å². The highest BCUT2D eigenvalue weighted by Gasteiger charge is 2.74. The summed E-state index contributed by atoms with van der Waals surface area (Å²) in [7, 11) is -6.72. The Morgan fingerprint density at radius 2 is 1.43 bits per heavy atom. The number of hydrogen-bond acceptors (Lipinski definition) is 1. The van der Waals surface area contributed by atoms with E-state index in [0.29, 0.717) is 0 Å². The average Bonchev–Trinajstić information content (AvgIpc) is 1.81. The molecule has 0 aromatic heterocycles. The van der Waals surface area contributed by atoms with Gasteiger partial charge in [-0.05, 0) is 0 Å². The first-order valence-corrected chi connectivity index (χ1v) is 6.36. The Hall–Kier alpha value is 0.670. The van der Waals surface area contributed by atoms with Crippen molar-refractivity contribution in [3.63, 3.8) is 0 Å². The molecule has 10 heteroatoms. The molecule has 0 aliphatic carbocycles. The second kappa shape index (κ2) is 3.33. The molecule has 0 spiro atoms. The Bertz CT molecular complexity index is 274. The van der Waals surface area contributed by atoms with E-state index in [4.69, 9.17) is 34.8 Å². The summed E-state index contributed by atoms with van der Waals surface area (Å²) in [5, 5.41) is 0. The first-order chi connectivity index (χ1) is 5.75. The Morgan fingerprint density at radius 3 is 1.43 bits per heavy atom. The third-order valence-electron chi connectivity index (χ3n) is 1.58. The third kappa shape index (κ3) is 1.62. The molecule has 0 unspecified atom stereocenters. The van der Waals surface area contributed by atoms with Crippen LogP contribution in [0.3, 0.4) is 0 Å². The molecule has 14 heavy (non-hydrogen) atoms. The van der Waals surface area contributed by atoms with Crippen LogP contribution in [0.25, 0.3) is 0 Å². The quantitative estimate of drug-likeness (QED) is 0.535. The van der Waals surface area contributed by atoms with Crippen LogP contribution in [0, 0.1) is 0 Å². The van der Waals surface area contributed by atoms with Gasteiger partial charge in [0.05, 0.1) is 9.07 Å². The number of hydrogen-bond donors (Lipinski definition) is 0. The Balaban J connectivity index is 5.92. The van der Waals surface area contributed by atoms with Gasteiger partial charge in [0.15, 0.2) is 0 Å². The number of alkyl halides is 8. The first-order valence-electron chi connectivity index (χ1n) is 2.79. The predicted molar refractivity (Wildman–Crippen MR) is 46.4 cm³/mol. The predicted octanol–water partition coefficient (Wildman–Crippen LogP) is 3.51. The molecule has 0 N–H and O–H groups in total. The molecule has 0 bridgehead atoms. The zero-order valence-electron chi connectivity index (χ0n) is 6.42. The molecule has 0 fully saturated rings. The van der Waals surface area contributed by atoms with E-state index >= 15 is 0 Å². The van der Waals surface area contributed by atoms with Gasteiger partial charge >= 0.3 is 11.3 Å². The number of rotatable bonds is 1.